The Hall–Kier alpha value is -1.55. The van der Waals surface area contributed by atoms with Gasteiger partial charge in [0, 0.05) is 5.56 Å². The van der Waals surface area contributed by atoms with E-state index >= 15 is 0 Å². The molecule has 1 aromatic rings. The molecule has 0 radical (unpaired) electrons. The first-order valence-corrected chi connectivity index (χ1v) is 5.80. The minimum atomic E-state index is -0.406. The fourth-order valence-electron chi connectivity index (χ4n) is 2.07. The van der Waals surface area contributed by atoms with Crippen LogP contribution in [0, 0.1) is 0 Å². The number of rotatable bonds is 4. The second-order valence-electron chi connectivity index (χ2n) is 3.97. The largest absolute Gasteiger partial charge is 0.482 e. The highest BCUT2D eigenvalue weighted by molar-refractivity contribution is 5.71. The van der Waals surface area contributed by atoms with Crippen molar-refractivity contribution in [1.29, 1.82) is 0 Å². The van der Waals surface area contributed by atoms with Crippen LogP contribution in [0.15, 0.2) is 18.2 Å². The zero-order valence-corrected chi connectivity index (χ0v) is 9.81. The molecule has 0 aliphatic heterocycles. The highest BCUT2D eigenvalue weighted by atomic mass is 16.6. The van der Waals surface area contributed by atoms with E-state index in [2.05, 4.69) is 0 Å². The Bertz CT molecular complexity index is 414. The Morgan fingerprint density at radius 1 is 1.53 bits per heavy atom. The van der Waals surface area contributed by atoms with E-state index < -0.39 is 6.10 Å². The third-order valence-electron chi connectivity index (χ3n) is 2.85. The standard InChI is InChI=1S/C13H16O4/c1-2-16-13(15)8-17-12-5-3-4-9-10(12)6-7-11(9)14/h3-5,11,14H,2,6-8H2,1H3. The topological polar surface area (TPSA) is 55.8 Å². The summed E-state index contributed by atoms with van der Waals surface area (Å²) in [5.41, 5.74) is 1.91. The van der Waals surface area contributed by atoms with E-state index in [1.165, 1.54) is 0 Å². The SMILES string of the molecule is CCOC(=O)COc1cccc2c1CCC2O. The third kappa shape index (κ3) is 2.58. The molecule has 0 heterocycles. The molecule has 0 amide bonds. The van der Waals surface area contributed by atoms with Crippen LogP contribution in [0.4, 0.5) is 0 Å². The molecule has 1 aliphatic rings. The van der Waals surface area contributed by atoms with Gasteiger partial charge in [-0.2, -0.15) is 0 Å². The lowest BCUT2D eigenvalue weighted by molar-refractivity contribution is -0.145. The zero-order chi connectivity index (χ0) is 12.3. The van der Waals surface area contributed by atoms with E-state index in [4.69, 9.17) is 9.47 Å². The second kappa shape index (κ2) is 5.19. The lowest BCUT2D eigenvalue weighted by Crippen LogP contribution is -2.15. The molecule has 0 aromatic heterocycles. The maximum atomic E-state index is 11.2. The van der Waals surface area contributed by atoms with Crippen molar-refractivity contribution in [3.05, 3.63) is 29.3 Å². The van der Waals surface area contributed by atoms with Crippen molar-refractivity contribution in [2.24, 2.45) is 0 Å². The van der Waals surface area contributed by atoms with Crippen molar-refractivity contribution in [3.8, 4) is 5.75 Å². The zero-order valence-electron chi connectivity index (χ0n) is 9.81. The third-order valence-corrected chi connectivity index (χ3v) is 2.85. The van der Waals surface area contributed by atoms with Crippen LogP contribution >= 0.6 is 0 Å². The van der Waals surface area contributed by atoms with Crippen LogP contribution in [0.1, 0.15) is 30.6 Å². The van der Waals surface area contributed by atoms with Crippen LogP contribution in [0.25, 0.3) is 0 Å². The molecule has 17 heavy (non-hydrogen) atoms. The van der Waals surface area contributed by atoms with Crippen molar-refractivity contribution in [2.45, 2.75) is 25.9 Å². The first-order chi connectivity index (χ1) is 8.22. The molecule has 1 unspecified atom stereocenters. The summed E-state index contributed by atoms with van der Waals surface area (Å²) in [7, 11) is 0. The Morgan fingerprint density at radius 3 is 3.12 bits per heavy atom. The van der Waals surface area contributed by atoms with Gasteiger partial charge in [0.2, 0.25) is 0 Å². The lowest BCUT2D eigenvalue weighted by Gasteiger charge is -2.10. The van der Waals surface area contributed by atoms with Gasteiger partial charge in [-0.1, -0.05) is 12.1 Å². The quantitative estimate of drug-likeness (QED) is 0.807. The Morgan fingerprint density at radius 2 is 2.35 bits per heavy atom. The molecule has 4 nitrogen and oxygen atoms in total. The number of ether oxygens (including phenoxy) is 2. The molecule has 4 heteroatoms. The summed E-state index contributed by atoms with van der Waals surface area (Å²) >= 11 is 0. The number of aliphatic hydroxyl groups excluding tert-OH is 1. The van der Waals surface area contributed by atoms with E-state index in [0.717, 1.165) is 24.0 Å². The monoisotopic (exact) mass is 236 g/mol. The fraction of sp³-hybridized carbons (Fsp3) is 0.462. The summed E-state index contributed by atoms with van der Waals surface area (Å²) in [6.07, 6.45) is 1.10. The molecule has 1 aliphatic carbocycles. The second-order valence-corrected chi connectivity index (χ2v) is 3.97. The highest BCUT2D eigenvalue weighted by Crippen LogP contribution is 2.36. The van der Waals surface area contributed by atoms with E-state index in [9.17, 15) is 9.90 Å². The molecular weight excluding hydrogens is 220 g/mol. The number of hydrogen-bond acceptors (Lipinski definition) is 4. The summed E-state index contributed by atoms with van der Waals surface area (Å²) < 4.78 is 10.2. The first-order valence-electron chi connectivity index (χ1n) is 5.80. The average molecular weight is 236 g/mol. The van der Waals surface area contributed by atoms with Crippen molar-refractivity contribution < 1.29 is 19.4 Å². The minimum Gasteiger partial charge on any atom is -0.482 e. The first kappa shape index (κ1) is 11.9. The van der Waals surface area contributed by atoms with E-state index in [1.54, 1.807) is 6.92 Å². The summed E-state index contributed by atoms with van der Waals surface area (Å²) in [6, 6.07) is 5.54. The van der Waals surface area contributed by atoms with Gasteiger partial charge in [0.15, 0.2) is 6.61 Å². The van der Waals surface area contributed by atoms with Gasteiger partial charge in [0.05, 0.1) is 12.7 Å². The number of esters is 1. The predicted octanol–water partition coefficient (Wildman–Crippen LogP) is 1.61. The smallest absolute Gasteiger partial charge is 0.344 e. The normalized spacial score (nSPS) is 17.6. The van der Waals surface area contributed by atoms with Crippen LogP contribution < -0.4 is 4.74 Å². The maximum Gasteiger partial charge on any atom is 0.344 e. The summed E-state index contributed by atoms with van der Waals surface area (Å²) in [5, 5.41) is 9.72. The summed E-state index contributed by atoms with van der Waals surface area (Å²) in [4.78, 5) is 11.2. The molecule has 2 rings (SSSR count). The predicted molar refractivity (Wildman–Crippen MR) is 61.9 cm³/mol. The molecule has 1 N–H and O–H groups in total. The van der Waals surface area contributed by atoms with Crippen LogP contribution in [0.5, 0.6) is 5.75 Å². The lowest BCUT2D eigenvalue weighted by atomic mass is 10.1. The molecule has 0 bridgehead atoms. The summed E-state index contributed by atoms with van der Waals surface area (Å²) in [6.45, 7) is 2.03. The molecule has 92 valence electrons. The van der Waals surface area contributed by atoms with Crippen molar-refractivity contribution in [2.75, 3.05) is 13.2 Å². The van der Waals surface area contributed by atoms with Gasteiger partial charge in [-0.05, 0) is 31.4 Å². The molecule has 1 aromatic carbocycles. The Labute approximate surface area is 100 Å². The van der Waals surface area contributed by atoms with Gasteiger partial charge in [-0.3, -0.25) is 0 Å². The fourth-order valence-corrected chi connectivity index (χ4v) is 2.07. The number of benzene rings is 1. The Balaban J connectivity index is 2.05. The average Bonchev–Trinajstić information content (AvgIpc) is 2.70. The van der Waals surface area contributed by atoms with Gasteiger partial charge in [-0.25, -0.2) is 4.79 Å². The van der Waals surface area contributed by atoms with Gasteiger partial charge in [0.1, 0.15) is 5.75 Å². The number of aliphatic hydroxyl groups is 1. The van der Waals surface area contributed by atoms with Crippen molar-refractivity contribution >= 4 is 5.97 Å². The van der Waals surface area contributed by atoms with Crippen molar-refractivity contribution in [1.82, 2.24) is 0 Å². The van der Waals surface area contributed by atoms with E-state index in [1.807, 2.05) is 18.2 Å². The molecular formula is C13H16O4. The highest BCUT2D eigenvalue weighted by Gasteiger charge is 2.23. The molecule has 0 saturated heterocycles. The van der Waals surface area contributed by atoms with Gasteiger partial charge >= 0.3 is 5.97 Å². The number of hydrogen-bond donors (Lipinski definition) is 1. The van der Waals surface area contributed by atoms with Crippen LogP contribution in [-0.4, -0.2) is 24.3 Å². The molecule has 1 atom stereocenters. The minimum absolute atomic E-state index is 0.0829. The van der Waals surface area contributed by atoms with Crippen molar-refractivity contribution in [3.63, 3.8) is 0 Å². The molecule has 0 spiro atoms. The van der Waals surface area contributed by atoms with Gasteiger partial charge in [-0.15, -0.1) is 0 Å². The van der Waals surface area contributed by atoms with E-state index in [0.29, 0.717) is 12.4 Å². The van der Waals surface area contributed by atoms with Gasteiger partial charge in [0.25, 0.3) is 0 Å². The maximum absolute atomic E-state index is 11.2. The number of carbonyl (C=O) groups excluding carboxylic acids is 1. The van der Waals surface area contributed by atoms with Gasteiger partial charge < -0.3 is 14.6 Å². The Kier molecular flexibility index (Phi) is 3.64. The number of carbonyl (C=O) groups is 1. The van der Waals surface area contributed by atoms with Crippen LogP contribution in [0.2, 0.25) is 0 Å². The van der Waals surface area contributed by atoms with Crippen LogP contribution in [0.3, 0.4) is 0 Å². The summed E-state index contributed by atoms with van der Waals surface area (Å²) in [5.74, 6) is 0.302. The van der Waals surface area contributed by atoms with E-state index in [-0.39, 0.29) is 12.6 Å². The number of fused-ring (bicyclic) bond motifs is 1. The molecule has 0 saturated carbocycles. The van der Waals surface area contributed by atoms with Crippen LogP contribution in [-0.2, 0) is 16.0 Å². The molecule has 0 fully saturated rings.